The Kier molecular flexibility index (Phi) is 4.00. The van der Waals surface area contributed by atoms with Gasteiger partial charge in [-0.3, -0.25) is 0 Å². The molecule has 0 atom stereocenters. The molecule has 0 fully saturated rings. The summed E-state index contributed by atoms with van der Waals surface area (Å²) < 4.78 is 3.96. The Balaban J connectivity index is 1.69. The summed E-state index contributed by atoms with van der Waals surface area (Å²) in [6.45, 7) is 0. The van der Waals surface area contributed by atoms with Crippen molar-refractivity contribution in [2.75, 3.05) is 0 Å². The maximum absolute atomic E-state index is 5.04. The zero-order valence-corrected chi connectivity index (χ0v) is 17.1. The Bertz CT molecular complexity index is 1240. The zero-order chi connectivity index (χ0) is 17.5. The number of nitrogens with zero attached hydrogens (tertiary/aromatic N) is 2. The van der Waals surface area contributed by atoms with Gasteiger partial charge in [0.15, 0.2) is 0 Å². The molecule has 0 aliphatic carbocycles. The fraction of sp³-hybridized carbons (Fsp3) is 0. The number of benzene rings is 2. The third-order valence-electron chi connectivity index (χ3n) is 4.42. The van der Waals surface area contributed by atoms with Gasteiger partial charge >= 0.3 is 166 Å². The van der Waals surface area contributed by atoms with Crippen LogP contribution in [0.2, 0.25) is 0 Å². The van der Waals surface area contributed by atoms with Crippen molar-refractivity contribution < 1.29 is 0 Å². The van der Waals surface area contributed by atoms with Gasteiger partial charge in [-0.05, 0) is 0 Å². The minimum absolute atomic E-state index is 0.339. The molecule has 5 aromatic rings. The molecule has 0 unspecified atom stereocenters. The predicted molar refractivity (Wildman–Crippen MR) is 110 cm³/mol. The molecule has 123 valence electrons. The van der Waals surface area contributed by atoms with Crippen LogP contribution in [0.1, 0.15) is 0 Å². The molecule has 0 saturated heterocycles. The fourth-order valence-corrected chi connectivity index (χ4v) is 6.36. The second-order valence-corrected chi connectivity index (χ2v) is 9.27. The van der Waals surface area contributed by atoms with E-state index in [-0.39, 0.29) is 0 Å². The monoisotopic (exact) mass is 465 g/mol. The quantitative estimate of drug-likeness (QED) is 0.371. The fourth-order valence-electron chi connectivity index (χ4n) is 3.19. The van der Waals surface area contributed by atoms with Gasteiger partial charge < -0.3 is 0 Å². The number of rotatable bonds is 2. The number of fused-ring (bicyclic) bond motifs is 3. The summed E-state index contributed by atoms with van der Waals surface area (Å²) >= 11 is 3.53. The van der Waals surface area contributed by atoms with Gasteiger partial charge in [0.1, 0.15) is 0 Å². The zero-order valence-electron chi connectivity index (χ0n) is 13.7. The van der Waals surface area contributed by atoms with Crippen molar-refractivity contribution in [2.45, 2.75) is 0 Å². The normalized spacial score (nSPS) is 11.2. The predicted octanol–water partition coefficient (Wildman–Crippen LogP) is 3.97. The Morgan fingerprint density at radius 2 is 1.58 bits per heavy atom. The average Bonchev–Trinajstić information content (AvgIpc) is 3.08. The Labute approximate surface area is 165 Å². The number of aromatic nitrogens is 2. The van der Waals surface area contributed by atoms with E-state index >= 15 is 0 Å². The van der Waals surface area contributed by atoms with Crippen LogP contribution in [-0.2, 0) is 0 Å². The summed E-state index contributed by atoms with van der Waals surface area (Å²) in [6, 6.07) is 25.3. The van der Waals surface area contributed by atoms with Crippen LogP contribution < -0.4 is 4.46 Å². The Hall–Kier alpha value is -2.22. The SMILES string of the molecule is [Se]c1cccc2[se]c3ccc(-c4cccc(-c5ccccn5)c4)nc3c12. The standard InChI is InChI=1S/C22H13N2Se2/c25-18-8-4-9-19-21(18)22-20(26-19)11-10-17(24-22)15-6-3-5-14(13-15)16-7-1-2-12-23-16/h1-13H. The van der Waals surface area contributed by atoms with E-state index in [0.29, 0.717) is 14.5 Å². The first-order chi connectivity index (χ1) is 12.8. The first kappa shape index (κ1) is 16.0. The number of hydrogen-bond donors (Lipinski definition) is 0. The summed E-state index contributed by atoms with van der Waals surface area (Å²) in [5, 5.41) is 1.28. The summed E-state index contributed by atoms with van der Waals surface area (Å²) in [7, 11) is 0. The molecule has 0 aliphatic rings. The van der Waals surface area contributed by atoms with Crippen LogP contribution in [0.4, 0.5) is 0 Å². The number of pyridine rings is 2. The summed E-state index contributed by atoms with van der Waals surface area (Å²) in [5.41, 5.74) is 5.35. The molecule has 2 nitrogen and oxygen atoms in total. The molecule has 1 radical (unpaired) electrons. The van der Waals surface area contributed by atoms with E-state index < -0.39 is 0 Å². The minimum atomic E-state index is 0.339. The molecule has 0 saturated carbocycles. The van der Waals surface area contributed by atoms with Crippen molar-refractivity contribution >= 4 is 54.4 Å². The van der Waals surface area contributed by atoms with E-state index in [1.165, 1.54) is 18.4 Å². The average molecular weight is 463 g/mol. The molecule has 2 aromatic carbocycles. The van der Waals surface area contributed by atoms with Crippen LogP contribution in [0.3, 0.4) is 0 Å². The van der Waals surface area contributed by atoms with E-state index in [0.717, 1.165) is 28.0 Å². The second kappa shape index (κ2) is 6.50. The molecule has 3 heterocycles. The van der Waals surface area contributed by atoms with Gasteiger partial charge in [0, 0.05) is 0 Å². The summed E-state index contributed by atoms with van der Waals surface area (Å²) in [6.07, 6.45) is 1.83. The molecule has 0 N–H and O–H groups in total. The van der Waals surface area contributed by atoms with Crippen molar-refractivity contribution in [1.82, 2.24) is 9.97 Å². The van der Waals surface area contributed by atoms with Crippen molar-refractivity contribution in [1.29, 1.82) is 0 Å². The molecule has 0 amide bonds. The van der Waals surface area contributed by atoms with E-state index in [1.807, 2.05) is 24.4 Å². The topological polar surface area (TPSA) is 25.8 Å². The van der Waals surface area contributed by atoms with Gasteiger partial charge in [-0.15, -0.1) is 0 Å². The van der Waals surface area contributed by atoms with Crippen molar-refractivity contribution in [3.8, 4) is 22.5 Å². The summed E-state index contributed by atoms with van der Waals surface area (Å²) in [4.78, 5) is 9.50. The van der Waals surface area contributed by atoms with E-state index in [9.17, 15) is 0 Å². The van der Waals surface area contributed by atoms with Gasteiger partial charge in [0.2, 0.25) is 0 Å². The van der Waals surface area contributed by atoms with Crippen LogP contribution in [-0.4, -0.2) is 40.5 Å². The van der Waals surface area contributed by atoms with Crippen LogP contribution in [0.5, 0.6) is 0 Å². The molecule has 0 spiro atoms. The van der Waals surface area contributed by atoms with Gasteiger partial charge in [-0.2, -0.15) is 0 Å². The van der Waals surface area contributed by atoms with Crippen molar-refractivity contribution in [2.24, 2.45) is 0 Å². The van der Waals surface area contributed by atoms with Gasteiger partial charge in [0.05, 0.1) is 0 Å². The molecule has 5 rings (SSSR count). The third-order valence-corrected chi connectivity index (χ3v) is 7.46. The molecule has 26 heavy (non-hydrogen) atoms. The molecular weight excluding hydrogens is 450 g/mol. The van der Waals surface area contributed by atoms with Crippen LogP contribution in [0.15, 0.2) is 79.0 Å². The van der Waals surface area contributed by atoms with Crippen molar-refractivity contribution in [3.63, 3.8) is 0 Å². The van der Waals surface area contributed by atoms with Crippen LogP contribution >= 0.6 is 0 Å². The van der Waals surface area contributed by atoms with Gasteiger partial charge in [0.25, 0.3) is 0 Å². The Morgan fingerprint density at radius 1 is 0.731 bits per heavy atom. The third kappa shape index (κ3) is 2.72. The summed E-state index contributed by atoms with van der Waals surface area (Å²) in [5.74, 6) is 0. The molecule has 3 aromatic heterocycles. The first-order valence-corrected chi connectivity index (χ1v) is 10.9. The molecule has 4 heteroatoms. The first-order valence-electron chi connectivity index (χ1n) is 8.31. The molecular formula is C22H13N2Se2. The van der Waals surface area contributed by atoms with Crippen LogP contribution in [0.25, 0.3) is 41.9 Å². The van der Waals surface area contributed by atoms with Gasteiger partial charge in [-0.25, -0.2) is 0 Å². The molecule has 0 aliphatic heterocycles. The Morgan fingerprint density at radius 3 is 2.42 bits per heavy atom. The van der Waals surface area contributed by atoms with E-state index in [1.54, 1.807) is 0 Å². The second-order valence-electron chi connectivity index (χ2n) is 6.07. The van der Waals surface area contributed by atoms with Crippen LogP contribution in [0, 0.1) is 0 Å². The maximum atomic E-state index is 5.04. The van der Waals surface area contributed by atoms with E-state index in [4.69, 9.17) is 4.98 Å². The van der Waals surface area contributed by atoms with E-state index in [2.05, 4.69) is 75.6 Å². The van der Waals surface area contributed by atoms with Crippen molar-refractivity contribution in [3.05, 3.63) is 79.0 Å². The van der Waals surface area contributed by atoms with Gasteiger partial charge in [-0.1, -0.05) is 0 Å². The number of hydrogen-bond acceptors (Lipinski definition) is 2. The molecule has 0 bridgehead atoms.